The highest BCUT2D eigenvalue weighted by Gasteiger charge is 2.11. The predicted octanol–water partition coefficient (Wildman–Crippen LogP) is 2.20. The Bertz CT molecular complexity index is 437. The van der Waals surface area contributed by atoms with Gasteiger partial charge in [-0.3, -0.25) is 0 Å². The van der Waals surface area contributed by atoms with Crippen molar-refractivity contribution in [3.63, 3.8) is 0 Å². The molecule has 112 valence electrons. The van der Waals surface area contributed by atoms with E-state index in [9.17, 15) is 4.79 Å². The number of hydrogen-bond donors (Lipinski definition) is 1. The number of nitrogens with one attached hydrogen (secondary N) is 1. The lowest BCUT2D eigenvalue weighted by atomic mass is 10.2. The zero-order valence-corrected chi connectivity index (χ0v) is 12.4. The van der Waals surface area contributed by atoms with Gasteiger partial charge in [-0.05, 0) is 19.1 Å². The smallest absolute Gasteiger partial charge is 0.321 e. The molecule has 0 saturated heterocycles. The van der Waals surface area contributed by atoms with Gasteiger partial charge in [0.2, 0.25) is 0 Å². The Labute approximate surface area is 119 Å². The zero-order valence-electron chi connectivity index (χ0n) is 12.4. The van der Waals surface area contributed by atoms with Gasteiger partial charge < -0.3 is 24.4 Å². The third-order valence-corrected chi connectivity index (χ3v) is 2.69. The van der Waals surface area contributed by atoms with E-state index >= 15 is 0 Å². The predicted molar refractivity (Wildman–Crippen MR) is 77.7 cm³/mol. The van der Waals surface area contributed by atoms with Crippen LogP contribution in [0.5, 0.6) is 11.5 Å². The van der Waals surface area contributed by atoms with E-state index in [1.54, 1.807) is 44.4 Å². The molecule has 0 aliphatic carbocycles. The van der Waals surface area contributed by atoms with Crippen molar-refractivity contribution in [3.8, 4) is 11.5 Å². The second-order valence-corrected chi connectivity index (χ2v) is 4.14. The van der Waals surface area contributed by atoms with Gasteiger partial charge in [-0.15, -0.1) is 0 Å². The lowest BCUT2D eigenvalue weighted by molar-refractivity contribution is 0.165. The Morgan fingerprint density at radius 2 is 2.05 bits per heavy atom. The van der Waals surface area contributed by atoms with Crippen LogP contribution in [0, 0.1) is 0 Å². The number of hydrogen-bond acceptors (Lipinski definition) is 4. The standard InChI is InChI=1S/C14H22N2O4/c1-5-20-13-10-11(6-7-12(13)19-4)15-14(17)16(2)8-9-18-3/h6-7,10H,5,8-9H2,1-4H3,(H,15,17). The van der Waals surface area contributed by atoms with E-state index in [2.05, 4.69) is 5.32 Å². The lowest BCUT2D eigenvalue weighted by Crippen LogP contribution is -2.33. The molecule has 0 radical (unpaired) electrons. The summed E-state index contributed by atoms with van der Waals surface area (Å²) in [4.78, 5) is 13.5. The number of likely N-dealkylation sites (N-methyl/N-ethyl adjacent to an activating group) is 1. The van der Waals surface area contributed by atoms with Gasteiger partial charge in [-0.25, -0.2) is 4.79 Å². The van der Waals surface area contributed by atoms with Crippen molar-refractivity contribution in [2.75, 3.05) is 46.3 Å². The average Bonchev–Trinajstić information content (AvgIpc) is 2.45. The molecule has 1 aromatic carbocycles. The minimum Gasteiger partial charge on any atom is -0.493 e. The molecule has 1 N–H and O–H groups in total. The van der Waals surface area contributed by atoms with Gasteiger partial charge in [0.05, 0.1) is 20.3 Å². The molecule has 0 heterocycles. The van der Waals surface area contributed by atoms with E-state index in [1.807, 2.05) is 6.92 Å². The van der Waals surface area contributed by atoms with Gasteiger partial charge in [-0.1, -0.05) is 0 Å². The number of methoxy groups -OCH3 is 2. The number of urea groups is 1. The fourth-order valence-electron chi connectivity index (χ4n) is 1.57. The van der Waals surface area contributed by atoms with E-state index in [0.29, 0.717) is 36.9 Å². The highest BCUT2D eigenvalue weighted by Crippen LogP contribution is 2.30. The molecular formula is C14H22N2O4. The molecular weight excluding hydrogens is 260 g/mol. The molecule has 0 atom stereocenters. The van der Waals surface area contributed by atoms with Gasteiger partial charge in [0.15, 0.2) is 11.5 Å². The Morgan fingerprint density at radius 1 is 1.30 bits per heavy atom. The Morgan fingerprint density at radius 3 is 2.65 bits per heavy atom. The maximum absolute atomic E-state index is 11.9. The fourth-order valence-corrected chi connectivity index (χ4v) is 1.57. The molecule has 6 nitrogen and oxygen atoms in total. The normalized spacial score (nSPS) is 10.0. The third-order valence-electron chi connectivity index (χ3n) is 2.69. The molecule has 0 bridgehead atoms. The van der Waals surface area contributed by atoms with E-state index in [4.69, 9.17) is 14.2 Å². The monoisotopic (exact) mass is 282 g/mol. The molecule has 20 heavy (non-hydrogen) atoms. The van der Waals surface area contributed by atoms with Crippen LogP contribution in [0.15, 0.2) is 18.2 Å². The van der Waals surface area contributed by atoms with Gasteiger partial charge in [0.25, 0.3) is 0 Å². The number of anilines is 1. The summed E-state index contributed by atoms with van der Waals surface area (Å²) < 4.78 is 15.6. The van der Waals surface area contributed by atoms with E-state index in [1.165, 1.54) is 0 Å². The van der Waals surface area contributed by atoms with Crippen molar-refractivity contribution in [1.29, 1.82) is 0 Å². The zero-order chi connectivity index (χ0) is 15.0. The summed E-state index contributed by atoms with van der Waals surface area (Å²) in [5.74, 6) is 1.24. The molecule has 0 aromatic heterocycles. The van der Waals surface area contributed by atoms with Crippen molar-refractivity contribution < 1.29 is 19.0 Å². The summed E-state index contributed by atoms with van der Waals surface area (Å²) in [6, 6.07) is 5.07. The van der Waals surface area contributed by atoms with Crippen LogP contribution in [0.3, 0.4) is 0 Å². The molecule has 0 spiro atoms. The van der Waals surface area contributed by atoms with Crippen LogP contribution in [-0.4, -0.2) is 52.0 Å². The van der Waals surface area contributed by atoms with Crippen LogP contribution in [0.25, 0.3) is 0 Å². The van der Waals surface area contributed by atoms with Crippen molar-refractivity contribution in [3.05, 3.63) is 18.2 Å². The number of carbonyl (C=O) groups excluding carboxylic acids is 1. The SMILES string of the molecule is CCOc1cc(NC(=O)N(C)CCOC)ccc1OC. The largest absolute Gasteiger partial charge is 0.493 e. The first-order valence-corrected chi connectivity index (χ1v) is 6.44. The van der Waals surface area contributed by atoms with E-state index in [0.717, 1.165) is 0 Å². The summed E-state index contributed by atoms with van der Waals surface area (Å²) in [6.45, 7) is 3.44. The summed E-state index contributed by atoms with van der Waals surface area (Å²) in [5.41, 5.74) is 0.656. The van der Waals surface area contributed by atoms with Crippen LogP contribution in [0.2, 0.25) is 0 Å². The van der Waals surface area contributed by atoms with Crippen molar-refractivity contribution in [2.45, 2.75) is 6.92 Å². The molecule has 6 heteroatoms. The second kappa shape index (κ2) is 8.27. The molecule has 0 unspecified atom stereocenters. The van der Waals surface area contributed by atoms with Crippen LogP contribution in [0.4, 0.5) is 10.5 Å². The summed E-state index contributed by atoms with van der Waals surface area (Å²) in [5, 5.41) is 2.80. The first-order chi connectivity index (χ1) is 9.62. The minimum absolute atomic E-state index is 0.199. The summed E-state index contributed by atoms with van der Waals surface area (Å²) in [7, 11) is 4.89. The Kier molecular flexibility index (Phi) is 6.66. The summed E-state index contributed by atoms with van der Waals surface area (Å²) in [6.07, 6.45) is 0. The van der Waals surface area contributed by atoms with Crippen LogP contribution in [-0.2, 0) is 4.74 Å². The van der Waals surface area contributed by atoms with Crippen LogP contribution in [0.1, 0.15) is 6.92 Å². The molecule has 0 aliphatic rings. The van der Waals surface area contributed by atoms with Gasteiger partial charge >= 0.3 is 6.03 Å². The van der Waals surface area contributed by atoms with Crippen molar-refractivity contribution in [1.82, 2.24) is 4.90 Å². The van der Waals surface area contributed by atoms with Crippen LogP contribution >= 0.6 is 0 Å². The summed E-state index contributed by atoms with van der Waals surface area (Å²) >= 11 is 0. The van der Waals surface area contributed by atoms with Crippen molar-refractivity contribution in [2.24, 2.45) is 0 Å². The van der Waals surface area contributed by atoms with E-state index < -0.39 is 0 Å². The van der Waals surface area contributed by atoms with Gasteiger partial charge in [0.1, 0.15) is 0 Å². The quantitative estimate of drug-likeness (QED) is 0.833. The third kappa shape index (κ3) is 4.62. The molecule has 1 aromatic rings. The molecule has 1 rings (SSSR count). The maximum Gasteiger partial charge on any atom is 0.321 e. The lowest BCUT2D eigenvalue weighted by Gasteiger charge is -2.18. The fraction of sp³-hybridized carbons (Fsp3) is 0.500. The number of amides is 2. The van der Waals surface area contributed by atoms with Crippen molar-refractivity contribution >= 4 is 11.7 Å². The van der Waals surface area contributed by atoms with Gasteiger partial charge in [0, 0.05) is 32.5 Å². The Balaban J connectivity index is 2.72. The second-order valence-electron chi connectivity index (χ2n) is 4.14. The molecule has 2 amide bonds. The molecule has 0 saturated carbocycles. The highest BCUT2D eigenvalue weighted by molar-refractivity contribution is 5.89. The molecule has 0 aliphatic heterocycles. The number of rotatable bonds is 7. The topological polar surface area (TPSA) is 60.0 Å². The number of ether oxygens (including phenoxy) is 3. The maximum atomic E-state index is 11.9. The first-order valence-electron chi connectivity index (χ1n) is 6.44. The highest BCUT2D eigenvalue weighted by atomic mass is 16.5. The minimum atomic E-state index is -0.199. The van der Waals surface area contributed by atoms with Gasteiger partial charge in [-0.2, -0.15) is 0 Å². The number of carbonyl (C=O) groups is 1. The van der Waals surface area contributed by atoms with E-state index in [-0.39, 0.29) is 6.03 Å². The van der Waals surface area contributed by atoms with Crippen LogP contribution < -0.4 is 14.8 Å². The molecule has 0 fully saturated rings. The number of nitrogens with zero attached hydrogens (tertiary/aromatic N) is 1. The Hall–Kier alpha value is -1.95. The average molecular weight is 282 g/mol. The number of benzene rings is 1. The first kappa shape index (κ1) is 16.1.